The Balaban J connectivity index is 2.24. The molecular formula is C20H16Cl2N2O2. The molecule has 26 heavy (non-hydrogen) atoms. The number of rotatable bonds is 5. The molecule has 0 fully saturated rings. The van der Waals surface area contributed by atoms with Gasteiger partial charge >= 0.3 is 0 Å². The van der Waals surface area contributed by atoms with Crippen LogP contribution in [0.3, 0.4) is 0 Å². The van der Waals surface area contributed by atoms with Crippen molar-refractivity contribution in [2.75, 3.05) is 0 Å². The van der Waals surface area contributed by atoms with Crippen LogP contribution in [0.25, 0.3) is 5.69 Å². The van der Waals surface area contributed by atoms with Gasteiger partial charge in [-0.05, 0) is 43.3 Å². The number of halogens is 2. The first kappa shape index (κ1) is 18.2. The van der Waals surface area contributed by atoms with Crippen LogP contribution in [0, 0.1) is 0 Å². The minimum absolute atomic E-state index is 0.0772. The number of nitrogens with zero attached hydrogens (tertiary/aromatic N) is 1. The minimum Gasteiger partial charge on any atom is -0.369 e. The summed E-state index contributed by atoms with van der Waals surface area (Å²) in [5.74, 6) is -1.52. The number of carbonyl (C=O) groups is 2. The first-order valence-electron chi connectivity index (χ1n) is 7.92. The van der Waals surface area contributed by atoms with E-state index in [0.29, 0.717) is 32.6 Å². The molecule has 132 valence electrons. The largest absolute Gasteiger partial charge is 0.369 e. The number of para-hydroxylation sites is 1. The first-order valence-corrected chi connectivity index (χ1v) is 8.68. The van der Waals surface area contributed by atoms with Gasteiger partial charge in [-0.1, -0.05) is 41.4 Å². The summed E-state index contributed by atoms with van der Waals surface area (Å²) in [6, 6.07) is 15.8. The van der Waals surface area contributed by atoms with Gasteiger partial charge in [0, 0.05) is 33.1 Å². The second-order valence-corrected chi connectivity index (χ2v) is 6.66. The molecule has 0 bridgehead atoms. The number of carbonyl (C=O) groups excluding carboxylic acids is 2. The third kappa shape index (κ3) is 3.26. The van der Waals surface area contributed by atoms with E-state index in [1.807, 2.05) is 12.1 Å². The highest BCUT2D eigenvalue weighted by atomic mass is 35.5. The van der Waals surface area contributed by atoms with Gasteiger partial charge in [-0.15, -0.1) is 0 Å². The third-order valence-electron chi connectivity index (χ3n) is 4.19. The Morgan fingerprint density at radius 2 is 1.62 bits per heavy atom. The molecule has 1 aromatic heterocycles. The third-order valence-corrected chi connectivity index (χ3v) is 4.85. The van der Waals surface area contributed by atoms with Gasteiger partial charge in [-0.3, -0.25) is 9.59 Å². The molecule has 6 heteroatoms. The van der Waals surface area contributed by atoms with E-state index in [1.165, 1.54) is 6.92 Å². The van der Waals surface area contributed by atoms with E-state index in [1.54, 1.807) is 53.2 Å². The maximum atomic E-state index is 12.3. The molecule has 0 saturated heterocycles. The van der Waals surface area contributed by atoms with E-state index in [2.05, 4.69) is 0 Å². The van der Waals surface area contributed by atoms with E-state index in [4.69, 9.17) is 28.9 Å². The Hall–Kier alpha value is -2.56. The summed E-state index contributed by atoms with van der Waals surface area (Å²) >= 11 is 12.6. The maximum absolute atomic E-state index is 12.3. The predicted molar refractivity (Wildman–Crippen MR) is 103 cm³/mol. The molecule has 0 aliphatic carbocycles. The fraction of sp³-hybridized carbons (Fsp3) is 0.100. The van der Waals surface area contributed by atoms with Crippen molar-refractivity contribution in [1.82, 2.24) is 4.57 Å². The lowest BCUT2D eigenvalue weighted by molar-refractivity contribution is -0.118. The van der Waals surface area contributed by atoms with Gasteiger partial charge < -0.3 is 10.3 Å². The predicted octanol–water partition coefficient (Wildman–Crippen LogP) is 4.60. The summed E-state index contributed by atoms with van der Waals surface area (Å²) in [6.45, 7) is 1.50. The standard InChI is InChI=1S/C20H16Cl2N2O2/c1-12(25)13-6-2-3-9-16(13)24-11-5-10-17(24)19(20(23)26)18-14(21)7-4-8-15(18)22/h2-11,19H,1H3,(H2,23,26). The topological polar surface area (TPSA) is 65.1 Å². The molecule has 0 spiro atoms. The Morgan fingerprint density at radius 3 is 2.23 bits per heavy atom. The summed E-state index contributed by atoms with van der Waals surface area (Å²) in [4.78, 5) is 24.3. The zero-order valence-electron chi connectivity index (χ0n) is 13.9. The average molecular weight is 387 g/mol. The van der Waals surface area contributed by atoms with Gasteiger partial charge in [0.2, 0.25) is 5.91 Å². The number of hydrogen-bond acceptors (Lipinski definition) is 2. The van der Waals surface area contributed by atoms with E-state index < -0.39 is 11.8 Å². The average Bonchev–Trinajstić information content (AvgIpc) is 3.06. The van der Waals surface area contributed by atoms with Crippen molar-refractivity contribution >= 4 is 34.9 Å². The summed E-state index contributed by atoms with van der Waals surface area (Å²) in [5.41, 5.74) is 7.94. The molecular weight excluding hydrogens is 371 g/mol. The van der Waals surface area contributed by atoms with Crippen molar-refractivity contribution in [3.63, 3.8) is 0 Å². The molecule has 1 heterocycles. The molecule has 1 amide bonds. The van der Waals surface area contributed by atoms with Gasteiger partial charge in [0.05, 0.1) is 5.69 Å². The SMILES string of the molecule is CC(=O)c1ccccc1-n1cccc1C(C(N)=O)c1c(Cl)cccc1Cl. The minimum atomic E-state index is -0.855. The lowest BCUT2D eigenvalue weighted by Gasteiger charge is -2.20. The number of Topliss-reactive ketones (excluding diaryl/α,β-unsaturated/α-hetero) is 1. The molecule has 1 atom stereocenters. The fourth-order valence-corrected chi connectivity index (χ4v) is 3.67. The number of nitrogens with two attached hydrogens (primary N) is 1. The molecule has 2 N–H and O–H groups in total. The van der Waals surface area contributed by atoms with Gasteiger partial charge in [-0.25, -0.2) is 0 Å². The van der Waals surface area contributed by atoms with Crippen LogP contribution in [0.2, 0.25) is 10.0 Å². The number of benzene rings is 2. The van der Waals surface area contributed by atoms with Crippen molar-refractivity contribution in [3.05, 3.63) is 87.7 Å². The van der Waals surface area contributed by atoms with Crippen LogP contribution in [-0.2, 0) is 4.79 Å². The Labute approximate surface area is 161 Å². The van der Waals surface area contributed by atoms with Gasteiger partial charge in [0.1, 0.15) is 5.92 Å². The zero-order chi connectivity index (χ0) is 18.8. The molecule has 0 aliphatic rings. The van der Waals surface area contributed by atoms with E-state index in [0.717, 1.165) is 0 Å². The molecule has 3 rings (SSSR count). The Kier molecular flexibility index (Phi) is 5.16. The highest BCUT2D eigenvalue weighted by Crippen LogP contribution is 2.37. The van der Waals surface area contributed by atoms with Crippen molar-refractivity contribution in [2.24, 2.45) is 5.73 Å². The molecule has 2 aromatic carbocycles. The lowest BCUT2D eigenvalue weighted by atomic mass is 9.94. The van der Waals surface area contributed by atoms with Crippen LogP contribution in [0.4, 0.5) is 0 Å². The van der Waals surface area contributed by atoms with Crippen LogP contribution in [0.15, 0.2) is 60.8 Å². The molecule has 4 nitrogen and oxygen atoms in total. The highest BCUT2D eigenvalue weighted by molar-refractivity contribution is 6.36. The van der Waals surface area contributed by atoms with E-state index >= 15 is 0 Å². The molecule has 0 saturated carbocycles. The molecule has 3 aromatic rings. The second-order valence-electron chi connectivity index (χ2n) is 5.85. The zero-order valence-corrected chi connectivity index (χ0v) is 15.5. The highest BCUT2D eigenvalue weighted by Gasteiger charge is 2.28. The second kappa shape index (κ2) is 7.36. The number of amides is 1. The van der Waals surface area contributed by atoms with Crippen molar-refractivity contribution < 1.29 is 9.59 Å². The van der Waals surface area contributed by atoms with Crippen LogP contribution in [0.1, 0.15) is 34.5 Å². The first-order chi connectivity index (χ1) is 12.4. The van der Waals surface area contributed by atoms with Crippen LogP contribution < -0.4 is 5.73 Å². The lowest BCUT2D eigenvalue weighted by Crippen LogP contribution is -2.25. The van der Waals surface area contributed by atoms with Crippen molar-refractivity contribution in [3.8, 4) is 5.69 Å². The van der Waals surface area contributed by atoms with Gasteiger partial charge in [0.25, 0.3) is 0 Å². The summed E-state index contributed by atoms with van der Waals surface area (Å²) in [5, 5.41) is 0.711. The maximum Gasteiger partial charge on any atom is 0.231 e. The Bertz CT molecular complexity index is 975. The fourth-order valence-electron chi connectivity index (χ4n) is 3.05. The van der Waals surface area contributed by atoms with Crippen LogP contribution in [0.5, 0.6) is 0 Å². The smallest absolute Gasteiger partial charge is 0.231 e. The quantitative estimate of drug-likeness (QED) is 0.650. The number of hydrogen-bond donors (Lipinski definition) is 1. The monoisotopic (exact) mass is 386 g/mol. The number of ketones is 1. The van der Waals surface area contributed by atoms with Gasteiger partial charge in [0.15, 0.2) is 5.78 Å². The molecule has 0 radical (unpaired) electrons. The van der Waals surface area contributed by atoms with Crippen molar-refractivity contribution in [2.45, 2.75) is 12.8 Å². The van der Waals surface area contributed by atoms with Crippen molar-refractivity contribution in [1.29, 1.82) is 0 Å². The summed E-state index contributed by atoms with van der Waals surface area (Å²) in [7, 11) is 0. The normalized spacial score (nSPS) is 12.0. The van der Waals surface area contributed by atoms with E-state index in [-0.39, 0.29) is 5.78 Å². The number of aromatic nitrogens is 1. The molecule has 1 unspecified atom stereocenters. The van der Waals surface area contributed by atoms with Crippen LogP contribution in [-0.4, -0.2) is 16.3 Å². The molecule has 0 aliphatic heterocycles. The van der Waals surface area contributed by atoms with Gasteiger partial charge in [-0.2, -0.15) is 0 Å². The van der Waals surface area contributed by atoms with Crippen LogP contribution >= 0.6 is 23.2 Å². The van der Waals surface area contributed by atoms with E-state index in [9.17, 15) is 9.59 Å². The Morgan fingerprint density at radius 1 is 0.962 bits per heavy atom. The summed E-state index contributed by atoms with van der Waals surface area (Å²) < 4.78 is 1.77. The number of primary amides is 1. The summed E-state index contributed by atoms with van der Waals surface area (Å²) in [6.07, 6.45) is 1.78.